The average Bonchev–Trinajstić information content (AvgIpc) is 3.10. The van der Waals surface area contributed by atoms with Crippen molar-refractivity contribution in [3.05, 3.63) is 65.0 Å². The minimum absolute atomic E-state index is 0.0793. The number of carbonyl (C=O) groups excluding carboxylic acids is 1. The van der Waals surface area contributed by atoms with Crippen molar-refractivity contribution in [3.8, 4) is 11.3 Å². The topological polar surface area (TPSA) is 62.5 Å². The molecule has 1 amide bonds. The molecule has 138 valence electrons. The molecule has 0 atom stereocenters. The lowest BCUT2D eigenvalue weighted by atomic mass is 10.0. The van der Waals surface area contributed by atoms with E-state index in [-0.39, 0.29) is 5.91 Å². The second-order valence-electron chi connectivity index (χ2n) is 6.41. The Morgan fingerprint density at radius 2 is 1.81 bits per heavy atom. The normalized spacial score (nSPS) is 14.4. The van der Waals surface area contributed by atoms with Crippen molar-refractivity contribution in [3.63, 3.8) is 0 Å². The van der Waals surface area contributed by atoms with Gasteiger partial charge in [0.05, 0.1) is 5.02 Å². The van der Waals surface area contributed by atoms with Gasteiger partial charge in [0.15, 0.2) is 0 Å². The predicted molar refractivity (Wildman–Crippen MR) is 104 cm³/mol. The Morgan fingerprint density at radius 1 is 1.07 bits per heavy atom. The molecule has 3 aromatic rings. The number of nitrogens with zero attached hydrogens (tertiary/aromatic N) is 4. The van der Waals surface area contributed by atoms with Crippen molar-refractivity contribution in [1.82, 2.24) is 15.0 Å². The molecule has 4 rings (SSSR count). The molecule has 0 saturated carbocycles. The van der Waals surface area contributed by atoms with E-state index in [0.717, 1.165) is 18.9 Å². The molecule has 2 aromatic heterocycles. The van der Waals surface area contributed by atoms with Gasteiger partial charge in [0.1, 0.15) is 22.8 Å². The molecule has 1 aliphatic rings. The number of rotatable bonds is 3. The van der Waals surface area contributed by atoms with Gasteiger partial charge in [-0.25, -0.2) is 4.98 Å². The predicted octanol–water partition coefficient (Wildman–Crippen LogP) is 3.66. The second-order valence-corrected chi connectivity index (χ2v) is 6.82. The molecule has 1 saturated heterocycles. The SMILES string of the molecule is Cc1onc(-c2ccccc2Cl)c1C(=O)N1CCN(c2ccccn2)CC1. The highest BCUT2D eigenvalue weighted by Gasteiger charge is 2.29. The van der Waals surface area contributed by atoms with Crippen LogP contribution < -0.4 is 4.90 Å². The van der Waals surface area contributed by atoms with Crippen LogP contribution in [-0.2, 0) is 0 Å². The molecule has 0 spiro atoms. The van der Waals surface area contributed by atoms with Gasteiger partial charge in [-0.1, -0.05) is 41.0 Å². The van der Waals surface area contributed by atoms with Crippen molar-refractivity contribution in [1.29, 1.82) is 0 Å². The van der Waals surface area contributed by atoms with E-state index in [1.54, 1.807) is 19.2 Å². The lowest BCUT2D eigenvalue weighted by molar-refractivity contribution is 0.0745. The van der Waals surface area contributed by atoms with Gasteiger partial charge in [-0.05, 0) is 25.1 Å². The van der Waals surface area contributed by atoms with Crippen molar-refractivity contribution in [2.24, 2.45) is 0 Å². The third kappa shape index (κ3) is 3.40. The summed E-state index contributed by atoms with van der Waals surface area (Å²) in [6.45, 7) is 4.44. The number of aromatic nitrogens is 2. The van der Waals surface area contributed by atoms with E-state index in [9.17, 15) is 4.79 Å². The van der Waals surface area contributed by atoms with Crippen molar-refractivity contribution in [2.45, 2.75) is 6.92 Å². The Labute approximate surface area is 162 Å². The number of amides is 1. The number of hydrogen-bond donors (Lipinski definition) is 0. The second kappa shape index (κ2) is 7.40. The summed E-state index contributed by atoms with van der Waals surface area (Å²) in [7, 11) is 0. The highest BCUT2D eigenvalue weighted by atomic mass is 35.5. The van der Waals surface area contributed by atoms with Crippen LogP contribution in [0.1, 0.15) is 16.1 Å². The monoisotopic (exact) mass is 382 g/mol. The average molecular weight is 383 g/mol. The zero-order chi connectivity index (χ0) is 18.8. The minimum atomic E-state index is -0.0793. The summed E-state index contributed by atoms with van der Waals surface area (Å²) in [6, 6.07) is 13.2. The van der Waals surface area contributed by atoms with Gasteiger partial charge < -0.3 is 14.3 Å². The van der Waals surface area contributed by atoms with Gasteiger partial charge in [0.25, 0.3) is 5.91 Å². The molecule has 0 radical (unpaired) electrons. The molecule has 1 aliphatic heterocycles. The Morgan fingerprint density at radius 3 is 2.52 bits per heavy atom. The number of piperazine rings is 1. The van der Waals surface area contributed by atoms with Crippen LogP contribution in [0, 0.1) is 6.92 Å². The number of anilines is 1. The van der Waals surface area contributed by atoms with Gasteiger partial charge in [0, 0.05) is 37.9 Å². The minimum Gasteiger partial charge on any atom is -0.360 e. The summed E-state index contributed by atoms with van der Waals surface area (Å²) in [5.74, 6) is 1.36. The van der Waals surface area contributed by atoms with Crippen LogP contribution in [0.15, 0.2) is 53.2 Å². The molecular formula is C20H19ClN4O2. The maximum atomic E-state index is 13.2. The fourth-order valence-corrected chi connectivity index (χ4v) is 3.52. The largest absolute Gasteiger partial charge is 0.360 e. The molecular weight excluding hydrogens is 364 g/mol. The maximum absolute atomic E-state index is 13.2. The van der Waals surface area contributed by atoms with Crippen molar-refractivity contribution >= 4 is 23.3 Å². The van der Waals surface area contributed by atoms with Crippen LogP contribution >= 0.6 is 11.6 Å². The summed E-state index contributed by atoms with van der Waals surface area (Å²) in [4.78, 5) is 21.6. The van der Waals surface area contributed by atoms with Crippen LogP contribution in [0.25, 0.3) is 11.3 Å². The summed E-state index contributed by atoms with van der Waals surface area (Å²) in [5, 5.41) is 4.64. The Balaban J connectivity index is 1.55. The molecule has 6 nitrogen and oxygen atoms in total. The van der Waals surface area contributed by atoms with Crippen LogP contribution in [-0.4, -0.2) is 47.1 Å². The van der Waals surface area contributed by atoms with Crippen LogP contribution in [0.4, 0.5) is 5.82 Å². The van der Waals surface area contributed by atoms with Gasteiger partial charge in [-0.2, -0.15) is 0 Å². The Hall–Kier alpha value is -2.86. The molecule has 0 N–H and O–H groups in total. The smallest absolute Gasteiger partial charge is 0.259 e. The first-order chi connectivity index (χ1) is 13.1. The number of carbonyl (C=O) groups is 1. The number of pyridine rings is 1. The molecule has 7 heteroatoms. The zero-order valence-electron chi connectivity index (χ0n) is 14.9. The van der Waals surface area contributed by atoms with E-state index in [1.165, 1.54) is 0 Å². The summed E-state index contributed by atoms with van der Waals surface area (Å²) < 4.78 is 5.33. The van der Waals surface area contributed by atoms with Crippen molar-refractivity contribution in [2.75, 3.05) is 31.1 Å². The van der Waals surface area contributed by atoms with Gasteiger partial charge in [0.2, 0.25) is 0 Å². The third-order valence-electron chi connectivity index (χ3n) is 4.75. The van der Waals surface area contributed by atoms with Gasteiger partial charge in [-0.15, -0.1) is 0 Å². The lowest BCUT2D eigenvalue weighted by Gasteiger charge is -2.35. The number of benzene rings is 1. The first-order valence-corrected chi connectivity index (χ1v) is 9.19. The standard InChI is InChI=1S/C20H19ClN4O2/c1-14-18(19(23-27-14)15-6-2-3-7-16(15)21)20(26)25-12-10-24(11-13-25)17-8-4-5-9-22-17/h2-9H,10-13H2,1H3. The molecule has 1 fully saturated rings. The highest BCUT2D eigenvalue weighted by molar-refractivity contribution is 6.33. The fourth-order valence-electron chi connectivity index (χ4n) is 3.30. The number of halogens is 1. The maximum Gasteiger partial charge on any atom is 0.259 e. The molecule has 3 heterocycles. The van der Waals surface area contributed by atoms with E-state index in [0.29, 0.717) is 40.7 Å². The molecule has 0 aliphatic carbocycles. The van der Waals surface area contributed by atoms with E-state index in [1.807, 2.05) is 41.3 Å². The molecule has 0 bridgehead atoms. The van der Waals surface area contributed by atoms with Gasteiger partial charge in [-0.3, -0.25) is 4.79 Å². The Bertz CT molecular complexity index is 950. The lowest BCUT2D eigenvalue weighted by Crippen LogP contribution is -2.49. The highest BCUT2D eigenvalue weighted by Crippen LogP contribution is 2.32. The van der Waals surface area contributed by atoms with E-state index in [4.69, 9.17) is 16.1 Å². The molecule has 1 aromatic carbocycles. The van der Waals surface area contributed by atoms with Gasteiger partial charge >= 0.3 is 0 Å². The Kier molecular flexibility index (Phi) is 4.81. The quantitative estimate of drug-likeness (QED) is 0.691. The van der Waals surface area contributed by atoms with Crippen LogP contribution in [0.2, 0.25) is 5.02 Å². The summed E-state index contributed by atoms with van der Waals surface area (Å²) in [6.07, 6.45) is 1.78. The molecule has 0 unspecified atom stereocenters. The fraction of sp³-hybridized carbons (Fsp3) is 0.250. The molecule has 27 heavy (non-hydrogen) atoms. The zero-order valence-corrected chi connectivity index (χ0v) is 15.7. The van der Waals surface area contributed by atoms with Crippen molar-refractivity contribution < 1.29 is 9.32 Å². The number of hydrogen-bond acceptors (Lipinski definition) is 5. The third-order valence-corrected chi connectivity index (χ3v) is 5.08. The van der Waals surface area contributed by atoms with E-state index in [2.05, 4.69) is 15.0 Å². The first-order valence-electron chi connectivity index (χ1n) is 8.81. The van der Waals surface area contributed by atoms with Crippen LogP contribution in [0.5, 0.6) is 0 Å². The number of aryl methyl sites for hydroxylation is 1. The van der Waals surface area contributed by atoms with Crippen LogP contribution in [0.3, 0.4) is 0 Å². The summed E-state index contributed by atoms with van der Waals surface area (Å²) >= 11 is 6.30. The first kappa shape index (κ1) is 17.5. The van der Waals surface area contributed by atoms with E-state index < -0.39 is 0 Å². The summed E-state index contributed by atoms with van der Waals surface area (Å²) in [5.41, 5.74) is 1.68. The van der Waals surface area contributed by atoms with E-state index >= 15 is 0 Å².